The number of halogens is 2. The molecular weight excluding hydrogens is 476 g/mol. The molecule has 182 valence electrons. The van der Waals surface area contributed by atoms with Gasteiger partial charge in [0.25, 0.3) is 5.91 Å². The normalized spacial score (nSPS) is 16.8. The summed E-state index contributed by atoms with van der Waals surface area (Å²) in [6, 6.07) is 1.44. The number of hydrogen-bond donors (Lipinski definition) is 2. The highest BCUT2D eigenvalue weighted by molar-refractivity contribution is 7.93. The minimum absolute atomic E-state index is 0.0477. The van der Waals surface area contributed by atoms with Crippen LogP contribution in [0.1, 0.15) is 75.1 Å². The number of alkyl halides is 2. The largest absolute Gasteiger partial charge is 0.586 e. The summed E-state index contributed by atoms with van der Waals surface area (Å²) >= 11 is 0.900. The smallest absolute Gasteiger partial charge is 0.395 e. The van der Waals surface area contributed by atoms with Crippen LogP contribution in [0.2, 0.25) is 0 Å². The SMILES string of the molecule is CC(C)c1cc2c(c(C(C)C)c1CC(=O)N=S(N)(=O)c1cnc(C(C)(C)O)s1)OC(F)(F)O2. The molecule has 8 nitrogen and oxygen atoms in total. The molecule has 1 unspecified atom stereocenters. The van der Waals surface area contributed by atoms with Crippen molar-refractivity contribution in [2.45, 2.75) is 75.9 Å². The molecule has 3 N–H and O–H groups in total. The lowest BCUT2D eigenvalue weighted by atomic mass is 9.86. The molecule has 2 heterocycles. The fourth-order valence-corrected chi connectivity index (χ4v) is 5.69. The predicted octanol–water partition coefficient (Wildman–Crippen LogP) is 4.41. The van der Waals surface area contributed by atoms with Crippen LogP contribution in [0.4, 0.5) is 8.78 Å². The Kier molecular flexibility index (Phi) is 6.61. The Labute approximate surface area is 195 Å². The van der Waals surface area contributed by atoms with Crippen LogP contribution >= 0.6 is 11.3 Å². The van der Waals surface area contributed by atoms with Gasteiger partial charge in [-0.25, -0.2) is 14.3 Å². The molecule has 1 amide bonds. The van der Waals surface area contributed by atoms with Crippen molar-refractivity contribution < 1.29 is 32.4 Å². The van der Waals surface area contributed by atoms with Crippen molar-refractivity contribution in [1.29, 1.82) is 0 Å². The second-order valence-electron chi connectivity index (χ2n) is 8.94. The van der Waals surface area contributed by atoms with E-state index in [-0.39, 0.29) is 39.0 Å². The van der Waals surface area contributed by atoms with Crippen molar-refractivity contribution in [2.24, 2.45) is 9.50 Å². The number of aromatic nitrogens is 1. The number of thiazole rings is 1. The maximum atomic E-state index is 13.8. The van der Waals surface area contributed by atoms with Crippen molar-refractivity contribution in [3.8, 4) is 11.5 Å². The molecule has 3 rings (SSSR count). The summed E-state index contributed by atoms with van der Waals surface area (Å²) < 4.78 is 53.7. The standard InChI is InChI=1S/C21H27F2N3O5S2/c1-10(2)12-7-14-18(31-21(22,23)30-14)17(11(3)4)13(12)8-15(27)26-33(24,29)16-9-25-19(32-16)20(5,6)28/h7,9-11,28H,8H2,1-6H3,(H2,24,26,27,29). The Balaban J connectivity index is 2.05. The number of fused-ring (bicyclic) bond motifs is 1. The highest BCUT2D eigenvalue weighted by Gasteiger charge is 2.46. The molecule has 12 heteroatoms. The molecule has 1 aliphatic rings. The first-order chi connectivity index (χ1) is 15.0. The second-order valence-corrected chi connectivity index (χ2v) is 12.0. The number of rotatable bonds is 6. The maximum absolute atomic E-state index is 13.8. The van der Waals surface area contributed by atoms with Crippen LogP contribution in [0.15, 0.2) is 20.8 Å². The Bertz CT molecular complexity index is 1210. The number of aliphatic hydroxyl groups is 1. The van der Waals surface area contributed by atoms with Gasteiger partial charge in [-0.3, -0.25) is 4.79 Å². The van der Waals surface area contributed by atoms with Crippen LogP contribution in [0.25, 0.3) is 0 Å². The van der Waals surface area contributed by atoms with Gasteiger partial charge in [0.2, 0.25) is 0 Å². The summed E-state index contributed by atoms with van der Waals surface area (Å²) in [5, 5.41) is 16.2. The molecule has 0 saturated heterocycles. The third-order valence-electron chi connectivity index (χ3n) is 4.94. The monoisotopic (exact) mass is 503 g/mol. The van der Waals surface area contributed by atoms with Crippen molar-refractivity contribution >= 4 is 27.2 Å². The zero-order valence-corrected chi connectivity index (χ0v) is 20.8. The minimum Gasteiger partial charge on any atom is -0.395 e. The van der Waals surface area contributed by atoms with E-state index in [1.807, 2.05) is 13.8 Å². The van der Waals surface area contributed by atoms with Crippen molar-refractivity contribution in [2.75, 3.05) is 0 Å². The number of carbonyl (C=O) groups excluding carboxylic acids is 1. The Morgan fingerprint density at radius 1 is 1.30 bits per heavy atom. The van der Waals surface area contributed by atoms with E-state index < -0.39 is 27.7 Å². The van der Waals surface area contributed by atoms with Crippen LogP contribution < -0.4 is 14.6 Å². The number of carbonyl (C=O) groups is 1. The van der Waals surface area contributed by atoms with E-state index in [1.54, 1.807) is 13.8 Å². The molecule has 0 radical (unpaired) electrons. The third kappa shape index (κ3) is 5.34. The van der Waals surface area contributed by atoms with E-state index in [0.29, 0.717) is 16.7 Å². The Morgan fingerprint density at radius 3 is 2.45 bits per heavy atom. The molecule has 33 heavy (non-hydrogen) atoms. The maximum Gasteiger partial charge on any atom is 0.586 e. The summed E-state index contributed by atoms with van der Waals surface area (Å²) in [5.41, 5.74) is 0.218. The van der Waals surface area contributed by atoms with E-state index in [2.05, 4.69) is 14.1 Å². The van der Waals surface area contributed by atoms with Crippen LogP contribution in [0.3, 0.4) is 0 Å². The first kappa shape index (κ1) is 25.5. The van der Waals surface area contributed by atoms with E-state index in [9.17, 15) is 22.9 Å². The molecular formula is C21H27F2N3O5S2. The molecule has 0 bridgehead atoms. The molecule has 0 aliphatic carbocycles. The van der Waals surface area contributed by atoms with Gasteiger partial charge in [0.15, 0.2) is 21.4 Å². The highest BCUT2D eigenvalue weighted by atomic mass is 32.2. The Hall–Kier alpha value is -2.15. The second kappa shape index (κ2) is 8.57. The van der Waals surface area contributed by atoms with Crippen LogP contribution in [0, 0.1) is 0 Å². The lowest BCUT2D eigenvalue weighted by Gasteiger charge is -2.20. The van der Waals surface area contributed by atoms with Crippen molar-refractivity contribution in [1.82, 2.24) is 4.98 Å². The molecule has 2 aromatic rings. The van der Waals surface area contributed by atoms with Crippen LogP contribution in [-0.2, 0) is 26.7 Å². The number of amides is 1. The average molecular weight is 504 g/mol. The van der Waals surface area contributed by atoms with Crippen LogP contribution in [0.5, 0.6) is 11.5 Å². The van der Waals surface area contributed by atoms with Crippen molar-refractivity contribution in [3.63, 3.8) is 0 Å². The first-order valence-corrected chi connectivity index (χ1v) is 12.6. The lowest BCUT2D eigenvalue weighted by Crippen LogP contribution is -2.26. The van der Waals surface area contributed by atoms with E-state index in [0.717, 1.165) is 11.3 Å². The first-order valence-electron chi connectivity index (χ1n) is 10.2. The van der Waals surface area contributed by atoms with E-state index >= 15 is 0 Å². The predicted molar refractivity (Wildman–Crippen MR) is 120 cm³/mol. The average Bonchev–Trinajstić information content (AvgIpc) is 3.23. The summed E-state index contributed by atoms with van der Waals surface area (Å²) in [6.07, 6.45) is -2.89. The molecule has 1 aromatic carbocycles. The van der Waals surface area contributed by atoms with E-state index in [1.165, 1.54) is 26.1 Å². The van der Waals surface area contributed by atoms with Gasteiger partial charge < -0.3 is 14.6 Å². The van der Waals surface area contributed by atoms with Gasteiger partial charge >= 0.3 is 6.29 Å². The summed E-state index contributed by atoms with van der Waals surface area (Å²) in [7, 11) is -3.62. The highest BCUT2D eigenvalue weighted by Crippen LogP contribution is 2.49. The molecule has 1 aromatic heterocycles. The number of benzene rings is 1. The molecule has 0 spiro atoms. The third-order valence-corrected chi connectivity index (χ3v) is 8.17. The zero-order valence-electron chi connectivity index (χ0n) is 19.1. The summed E-state index contributed by atoms with van der Waals surface area (Å²) in [6.45, 7) is 10.3. The lowest BCUT2D eigenvalue weighted by molar-refractivity contribution is -0.287. The van der Waals surface area contributed by atoms with Gasteiger partial charge in [-0.1, -0.05) is 27.7 Å². The zero-order chi connectivity index (χ0) is 24.9. The van der Waals surface area contributed by atoms with Crippen LogP contribution in [-0.4, -0.2) is 26.5 Å². The van der Waals surface area contributed by atoms with Gasteiger partial charge in [-0.05, 0) is 42.9 Å². The van der Waals surface area contributed by atoms with E-state index in [4.69, 9.17) is 9.88 Å². The van der Waals surface area contributed by atoms with Gasteiger partial charge in [0, 0.05) is 5.56 Å². The minimum atomic E-state index is -3.80. The van der Waals surface area contributed by atoms with Crippen molar-refractivity contribution in [3.05, 3.63) is 34.0 Å². The number of nitrogens with two attached hydrogens (primary N) is 1. The fourth-order valence-electron chi connectivity index (χ4n) is 3.55. The quantitative estimate of drug-likeness (QED) is 0.602. The molecule has 0 saturated carbocycles. The van der Waals surface area contributed by atoms with Gasteiger partial charge in [0.1, 0.15) is 14.8 Å². The number of ether oxygens (including phenoxy) is 2. The van der Waals surface area contributed by atoms with Gasteiger partial charge in [-0.2, -0.15) is 0 Å². The summed E-state index contributed by atoms with van der Waals surface area (Å²) in [5.74, 6) is -1.41. The fraction of sp³-hybridized carbons (Fsp3) is 0.524. The Morgan fingerprint density at radius 2 is 1.94 bits per heavy atom. The molecule has 0 fully saturated rings. The number of hydrogen-bond acceptors (Lipinski definition) is 7. The number of nitrogens with zero attached hydrogens (tertiary/aromatic N) is 2. The topological polar surface area (TPSA) is 124 Å². The molecule has 1 atom stereocenters. The summed E-state index contributed by atoms with van der Waals surface area (Å²) in [4.78, 5) is 16.9. The van der Waals surface area contributed by atoms with Gasteiger partial charge in [0.05, 0.1) is 12.6 Å². The molecule has 1 aliphatic heterocycles. The van der Waals surface area contributed by atoms with Gasteiger partial charge in [-0.15, -0.1) is 24.5 Å².